The lowest BCUT2D eigenvalue weighted by molar-refractivity contribution is -0.146. The van der Waals surface area contributed by atoms with Crippen LogP contribution in [0.5, 0.6) is 0 Å². The lowest BCUT2D eigenvalue weighted by Gasteiger charge is -2.26. The van der Waals surface area contributed by atoms with Gasteiger partial charge in [-0.05, 0) is 18.9 Å². The first-order valence-electron chi connectivity index (χ1n) is 9.18. The lowest BCUT2D eigenvalue weighted by Crippen LogP contribution is -2.44. The van der Waals surface area contributed by atoms with Crippen molar-refractivity contribution < 1.29 is 18.0 Å². The van der Waals surface area contributed by atoms with Crippen molar-refractivity contribution >= 4 is 11.9 Å². The van der Waals surface area contributed by atoms with Crippen LogP contribution in [0.15, 0.2) is 4.99 Å². The summed E-state index contributed by atoms with van der Waals surface area (Å²) in [4.78, 5) is 19.3. The number of likely N-dealkylation sites (tertiary alicyclic amines) is 1. The van der Waals surface area contributed by atoms with Crippen LogP contribution in [-0.4, -0.2) is 80.7 Å². The first-order chi connectivity index (χ1) is 12.2. The average Bonchev–Trinajstić information content (AvgIpc) is 3.00. The minimum atomic E-state index is -4.16. The molecule has 0 aliphatic carbocycles. The molecule has 26 heavy (non-hydrogen) atoms. The Bertz CT molecular complexity index is 468. The molecule has 9 heteroatoms. The van der Waals surface area contributed by atoms with Gasteiger partial charge in [0.1, 0.15) is 0 Å². The molecule has 0 bridgehead atoms. The summed E-state index contributed by atoms with van der Waals surface area (Å²) >= 11 is 0. The minimum Gasteiger partial charge on any atom is -0.354 e. The second kappa shape index (κ2) is 10.6. The predicted octanol–water partition coefficient (Wildman–Crippen LogP) is 1.54. The third kappa shape index (κ3) is 8.25. The number of halogens is 3. The fraction of sp³-hybridized carbons (Fsp3) is 0.882. The summed E-state index contributed by atoms with van der Waals surface area (Å²) in [6.45, 7) is 7.91. The second-order valence-electron chi connectivity index (χ2n) is 6.96. The summed E-state index contributed by atoms with van der Waals surface area (Å²) in [7, 11) is 1.68. The van der Waals surface area contributed by atoms with E-state index in [9.17, 15) is 18.0 Å². The molecule has 152 valence electrons. The largest absolute Gasteiger partial charge is 0.401 e. The van der Waals surface area contributed by atoms with Crippen LogP contribution in [-0.2, 0) is 4.79 Å². The normalized spacial score (nSPS) is 18.7. The molecular weight excluding hydrogens is 347 g/mol. The zero-order valence-corrected chi connectivity index (χ0v) is 16.2. The molecule has 0 aromatic rings. The number of amides is 1. The van der Waals surface area contributed by atoms with Crippen molar-refractivity contribution in [3.63, 3.8) is 0 Å². The Balaban J connectivity index is 2.39. The summed E-state index contributed by atoms with van der Waals surface area (Å²) in [6, 6.07) is 0. The van der Waals surface area contributed by atoms with Crippen LogP contribution in [0.1, 0.15) is 27.2 Å². The average molecular weight is 379 g/mol. The highest BCUT2D eigenvalue weighted by Crippen LogP contribution is 2.21. The molecule has 1 unspecified atom stereocenters. The molecule has 1 rings (SSSR count). The topological polar surface area (TPSA) is 60.0 Å². The molecule has 0 aromatic carbocycles. The number of nitrogens with one attached hydrogen (secondary N) is 2. The smallest absolute Gasteiger partial charge is 0.354 e. The molecule has 2 N–H and O–H groups in total. The number of hydrogen-bond donors (Lipinski definition) is 2. The number of aliphatic imine (C=N–C) groups is 1. The van der Waals surface area contributed by atoms with E-state index in [4.69, 9.17) is 0 Å². The molecule has 0 radical (unpaired) electrons. The Kier molecular flexibility index (Phi) is 9.18. The highest BCUT2D eigenvalue weighted by atomic mass is 19.4. The van der Waals surface area contributed by atoms with Crippen molar-refractivity contribution in [3.8, 4) is 0 Å². The predicted molar refractivity (Wildman–Crippen MR) is 97.1 cm³/mol. The standard InChI is InChI=1S/C17H32F3N5O/c1-5-24(12-17(18,19)20)10-14-6-9-25(11-14)16(21-4)23-8-7-22-15(26)13(2)3/h13-14H,5-12H2,1-4H3,(H,21,23)(H,22,26). The van der Waals surface area contributed by atoms with Crippen LogP contribution < -0.4 is 10.6 Å². The van der Waals surface area contributed by atoms with Gasteiger partial charge in [0.25, 0.3) is 0 Å². The van der Waals surface area contributed by atoms with Crippen molar-refractivity contribution in [1.29, 1.82) is 0 Å². The summed E-state index contributed by atoms with van der Waals surface area (Å²) in [5.41, 5.74) is 0. The highest BCUT2D eigenvalue weighted by Gasteiger charge is 2.32. The van der Waals surface area contributed by atoms with Gasteiger partial charge in [-0.25, -0.2) is 0 Å². The fourth-order valence-electron chi connectivity index (χ4n) is 2.99. The van der Waals surface area contributed by atoms with Gasteiger partial charge in [0.2, 0.25) is 5.91 Å². The van der Waals surface area contributed by atoms with E-state index in [2.05, 4.69) is 20.5 Å². The van der Waals surface area contributed by atoms with Crippen LogP contribution in [0.3, 0.4) is 0 Å². The van der Waals surface area contributed by atoms with Gasteiger partial charge in [-0.3, -0.25) is 14.7 Å². The fourth-order valence-corrected chi connectivity index (χ4v) is 2.99. The van der Waals surface area contributed by atoms with Crippen LogP contribution >= 0.6 is 0 Å². The summed E-state index contributed by atoms with van der Waals surface area (Å²) in [6.07, 6.45) is -3.31. The van der Waals surface area contributed by atoms with Crippen LogP contribution in [0, 0.1) is 11.8 Å². The van der Waals surface area contributed by atoms with Crippen molar-refractivity contribution in [2.45, 2.75) is 33.4 Å². The Labute approximate surface area is 154 Å². The molecule has 1 aliphatic rings. The maximum Gasteiger partial charge on any atom is 0.401 e. The van der Waals surface area contributed by atoms with Gasteiger partial charge < -0.3 is 15.5 Å². The Morgan fingerprint density at radius 3 is 2.50 bits per heavy atom. The van der Waals surface area contributed by atoms with E-state index in [0.29, 0.717) is 32.7 Å². The Hall–Kier alpha value is -1.51. The van der Waals surface area contributed by atoms with Crippen LogP contribution in [0.2, 0.25) is 0 Å². The highest BCUT2D eigenvalue weighted by molar-refractivity contribution is 5.80. The minimum absolute atomic E-state index is 0.00680. The molecule has 1 fully saturated rings. The van der Waals surface area contributed by atoms with E-state index in [0.717, 1.165) is 18.9 Å². The summed E-state index contributed by atoms with van der Waals surface area (Å²) < 4.78 is 37.8. The molecule has 1 amide bonds. The van der Waals surface area contributed by atoms with Crippen LogP contribution in [0.4, 0.5) is 13.2 Å². The SMILES string of the molecule is CCN(CC1CCN(C(=NC)NCCNC(=O)C(C)C)C1)CC(F)(F)F. The molecule has 0 spiro atoms. The molecule has 1 aliphatic heterocycles. The van der Waals surface area contributed by atoms with Gasteiger partial charge in [-0.1, -0.05) is 20.8 Å². The maximum absolute atomic E-state index is 12.6. The van der Waals surface area contributed by atoms with Crippen LogP contribution in [0.25, 0.3) is 0 Å². The Morgan fingerprint density at radius 1 is 1.31 bits per heavy atom. The van der Waals surface area contributed by atoms with E-state index in [1.807, 2.05) is 13.8 Å². The zero-order valence-electron chi connectivity index (χ0n) is 16.2. The summed E-state index contributed by atoms with van der Waals surface area (Å²) in [5.74, 6) is 0.876. The van der Waals surface area contributed by atoms with Crippen molar-refractivity contribution in [2.24, 2.45) is 16.8 Å². The zero-order chi connectivity index (χ0) is 19.7. The van der Waals surface area contributed by atoms with Gasteiger partial charge in [-0.15, -0.1) is 0 Å². The molecule has 0 saturated carbocycles. The Morgan fingerprint density at radius 2 is 1.96 bits per heavy atom. The third-order valence-electron chi connectivity index (χ3n) is 4.40. The third-order valence-corrected chi connectivity index (χ3v) is 4.40. The first kappa shape index (κ1) is 22.5. The number of carbonyl (C=O) groups excluding carboxylic acids is 1. The summed E-state index contributed by atoms with van der Waals surface area (Å²) in [5, 5.41) is 6.03. The number of alkyl halides is 3. The lowest BCUT2D eigenvalue weighted by atomic mass is 10.1. The van der Waals surface area contributed by atoms with Crippen molar-refractivity contribution in [1.82, 2.24) is 20.4 Å². The van der Waals surface area contributed by atoms with Gasteiger partial charge in [-0.2, -0.15) is 13.2 Å². The van der Waals surface area contributed by atoms with Gasteiger partial charge in [0.05, 0.1) is 6.54 Å². The maximum atomic E-state index is 12.6. The number of nitrogens with zero attached hydrogens (tertiary/aromatic N) is 3. The van der Waals surface area contributed by atoms with E-state index >= 15 is 0 Å². The van der Waals surface area contributed by atoms with Gasteiger partial charge >= 0.3 is 6.18 Å². The van der Waals surface area contributed by atoms with Gasteiger partial charge in [0.15, 0.2) is 5.96 Å². The monoisotopic (exact) mass is 379 g/mol. The number of carbonyl (C=O) groups is 1. The number of rotatable bonds is 8. The quantitative estimate of drug-likeness (QED) is 0.382. The molecule has 0 aromatic heterocycles. The molecule has 1 atom stereocenters. The van der Waals surface area contributed by atoms with Crippen molar-refractivity contribution in [3.05, 3.63) is 0 Å². The molecular formula is C17H32F3N5O. The number of guanidine groups is 1. The second-order valence-corrected chi connectivity index (χ2v) is 6.96. The van der Waals surface area contributed by atoms with E-state index in [1.54, 1.807) is 14.0 Å². The van der Waals surface area contributed by atoms with Crippen molar-refractivity contribution in [2.75, 3.05) is 52.9 Å². The number of hydrogen-bond acceptors (Lipinski definition) is 3. The van der Waals surface area contributed by atoms with Gasteiger partial charge in [0, 0.05) is 45.7 Å². The molecule has 1 heterocycles. The first-order valence-corrected chi connectivity index (χ1v) is 9.18. The molecule has 1 saturated heterocycles. The van der Waals surface area contributed by atoms with E-state index in [-0.39, 0.29) is 17.7 Å². The molecule has 6 nitrogen and oxygen atoms in total. The van der Waals surface area contributed by atoms with E-state index in [1.165, 1.54) is 4.90 Å². The van der Waals surface area contributed by atoms with E-state index < -0.39 is 12.7 Å².